The average Bonchev–Trinajstić information content (AvgIpc) is 3.29. The first-order chi connectivity index (χ1) is 15.0. The highest BCUT2D eigenvalue weighted by molar-refractivity contribution is 7.09. The largest absolute Gasteiger partial charge is 0.493 e. The molecule has 0 bridgehead atoms. The summed E-state index contributed by atoms with van der Waals surface area (Å²) in [6.07, 6.45) is 1.44. The first-order valence-corrected chi connectivity index (χ1v) is 11.2. The molecule has 2 amide bonds. The van der Waals surface area contributed by atoms with Gasteiger partial charge in [0.2, 0.25) is 11.8 Å². The van der Waals surface area contributed by atoms with E-state index in [-0.39, 0.29) is 25.0 Å². The van der Waals surface area contributed by atoms with E-state index in [1.165, 1.54) is 7.11 Å². The number of benzene rings is 1. The van der Waals surface area contributed by atoms with E-state index in [4.69, 9.17) is 14.2 Å². The molecule has 0 aliphatic carbocycles. The molecule has 7 nitrogen and oxygen atoms in total. The lowest BCUT2D eigenvalue weighted by molar-refractivity contribution is -0.143. The van der Waals surface area contributed by atoms with Crippen molar-refractivity contribution in [3.8, 4) is 11.5 Å². The number of ether oxygens (including phenoxy) is 3. The number of rotatable bonds is 13. The smallest absolute Gasteiger partial charge is 0.249 e. The molecule has 31 heavy (non-hydrogen) atoms. The van der Waals surface area contributed by atoms with Crippen LogP contribution < -0.4 is 9.47 Å². The van der Waals surface area contributed by atoms with Crippen LogP contribution in [-0.2, 0) is 27.3 Å². The van der Waals surface area contributed by atoms with Crippen LogP contribution >= 0.6 is 11.3 Å². The van der Waals surface area contributed by atoms with Crippen molar-refractivity contribution < 1.29 is 23.8 Å². The van der Waals surface area contributed by atoms with E-state index in [0.29, 0.717) is 37.6 Å². The highest BCUT2D eigenvalue weighted by Crippen LogP contribution is 2.27. The predicted octanol–water partition coefficient (Wildman–Crippen LogP) is 3.22. The highest BCUT2D eigenvalue weighted by Gasteiger charge is 2.21. The van der Waals surface area contributed by atoms with E-state index in [9.17, 15) is 9.59 Å². The van der Waals surface area contributed by atoms with Gasteiger partial charge in [0.05, 0.1) is 27.3 Å². The van der Waals surface area contributed by atoms with Crippen molar-refractivity contribution in [3.05, 3.63) is 46.2 Å². The molecule has 0 aliphatic rings. The highest BCUT2D eigenvalue weighted by atomic mass is 32.1. The summed E-state index contributed by atoms with van der Waals surface area (Å²) in [4.78, 5) is 30.0. The third-order valence-electron chi connectivity index (χ3n) is 4.84. The van der Waals surface area contributed by atoms with Gasteiger partial charge in [-0.3, -0.25) is 9.59 Å². The molecule has 1 aromatic heterocycles. The second kappa shape index (κ2) is 13.0. The quantitative estimate of drug-likeness (QED) is 0.471. The molecule has 0 N–H and O–H groups in total. The second-order valence-corrected chi connectivity index (χ2v) is 8.11. The number of amides is 2. The summed E-state index contributed by atoms with van der Waals surface area (Å²) in [5.41, 5.74) is 1.04. The Hall–Kier alpha value is -2.58. The van der Waals surface area contributed by atoms with Crippen LogP contribution in [0.2, 0.25) is 0 Å². The number of thiophene rings is 1. The number of nitrogens with zero attached hydrogens (tertiary/aromatic N) is 2. The molecule has 0 unspecified atom stereocenters. The number of carbonyl (C=O) groups is 2. The normalized spacial score (nSPS) is 10.6. The number of hydrogen-bond acceptors (Lipinski definition) is 6. The SMILES string of the molecule is CCCN(CC(=O)N(CCc1ccc(OC)c(OC)c1)Cc1cccs1)C(=O)COC. The van der Waals surface area contributed by atoms with Crippen molar-refractivity contribution in [1.82, 2.24) is 9.80 Å². The van der Waals surface area contributed by atoms with Crippen LogP contribution in [0, 0.1) is 0 Å². The fourth-order valence-corrected chi connectivity index (χ4v) is 3.94. The summed E-state index contributed by atoms with van der Waals surface area (Å²) in [6.45, 7) is 3.58. The minimum atomic E-state index is -0.173. The summed E-state index contributed by atoms with van der Waals surface area (Å²) in [5.74, 6) is 1.08. The summed E-state index contributed by atoms with van der Waals surface area (Å²) in [7, 11) is 4.69. The van der Waals surface area contributed by atoms with Gasteiger partial charge in [-0.05, 0) is 42.0 Å². The van der Waals surface area contributed by atoms with Crippen LogP contribution in [-0.4, -0.2) is 69.2 Å². The topological polar surface area (TPSA) is 68.3 Å². The van der Waals surface area contributed by atoms with Gasteiger partial charge in [-0.2, -0.15) is 0 Å². The van der Waals surface area contributed by atoms with E-state index in [0.717, 1.165) is 16.9 Å². The third kappa shape index (κ3) is 7.56. The summed E-state index contributed by atoms with van der Waals surface area (Å²) in [5, 5.41) is 2.00. The number of hydrogen-bond donors (Lipinski definition) is 0. The fourth-order valence-electron chi connectivity index (χ4n) is 3.22. The summed E-state index contributed by atoms with van der Waals surface area (Å²) in [6, 6.07) is 9.76. The van der Waals surface area contributed by atoms with Crippen LogP contribution in [0.4, 0.5) is 0 Å². The lowest BCUT2D eigenvalue weighted by atomic mass is 10.1. The molecule has 2 rings (SSSR count). The predicted molar refractivity (Wildman–Crippen MR) is 122 cm³/mol. The second-order valence-electron chi connectivity index (χ2n) is 7.08. The molecule has 0 spiro atoms. The molecule has 2 aromatic rings. The van der Waals surface area contributed by atoms with E-state index < -0.39 is 0 Å². The maximum atomic E-state index is 13.2. The Bertz CT molecular complexity index is 825. The molecular formula is C23H32N2O5S. The molecule has 0 radical (unpaired) electrons. The molecule has 0 aliphatic heterocycles. The zero-order valence-corrected chi connectivity index (χ0v) is 19.6. The first kappa shape index (κ1) is 24.7. The molecule has 1 heterocycles. The average molecular weight is 449 g/mol. The Morgan fingerprint density at radius 1 is 0.968 bits per heavy atom. The molecule has 0 fully saturated rings. The van der Waals surface area contributed by atoms with Gasteiger partial charge in [-0.25, -0.2) is 0 Å². The van der Waals surface area contributed by atoms with Gasteiger partial charge in [0.15, 0.2) is 11.5 Å². The van der Waals surface area contributed by atoms with Gasteiger partial charge in [-0.15, -0.1) is 11.3 Å². The lowest BCUT2D eigenvalue weighted by Crippen LogP contribution is -2.44. The zero-order valence-electron chi connectivity index (χ0n) is 18.8. The van der Waals surface area contributed by atoms with Crippen LogP contribution in [0.3, 0.4) is 0 Å². The maximum absolute atomic E-state index is 13.2. The van der Waals surface area contributed by atoms with Gasteiger partial charge in [0, 0.05) is 25.1 Å². The Kier molecular flexibility index (Phi) is 10.3. The van der Waals surface area contributed by atoms with Crippen molar-refractivity contribution in [1.29, 1.82) is 0 Å². The van der Waals surface area contributed by atoms with Crippen molar-refractivity contribution >= 4 is 23.2 Å². The minimum absolute atomic E-state index is 0.0240. The van der Waals surface area contributed by atoms with Crippen molar-refractivity contribution in [2.24, 2.45) is 0 Å². The molecule has 8 heteroatoms. The molecule has 1 aromatic carbocycles. The van der Waals surface area contributed by atoms with E-state index in [2.05, 4.69) is 0 Å². The van der Waals surface area contributed by atoms with E-state index in [1.54, 1.807) is 30.5 Å². The van der Waals surface area contributed by atoms with Gasteiger partial charge in [-0.1, -0.05) is 19.1 Å². The third-order valence-corrected chi connectivity index (χ3v) is 5.70. The molecule has 0 atom stereocenters. The minimum Gasteiger partial charge on any atom is -0.493 e. The van der Waals surface area contributed by atoms with Crippen LogP contribution in [0.25, 0.3) is 0 Å². The van der Waals surface area contributed by atoms with Crippen molar-refractivity contribution in [3.63, 3.8) is 0 Å². The monoisotopic (exact) mass is 448 g/mol. The maximum Gasteiger partial charge on any atom is 0.249 e. The van der Waals surface area contributed by atoms with Gasteiger partial charge in [0.25, 0.3) is 0 Å². The number of methoxy groups -OCH3 is 3. The first-order valence-electron chi connectivity index (χ1n) is 10.3. The summed E-state index contributed by atoms with van der Waals surface area (Å²) >= 11 is 1.61. The van der Waals surface area contributed by atoms with E-state index >= 15 is 0 Å². The molecule has 170 valence electrons. The van der Waals surface area contributed by atoms with Crippen molar-refractivity contribution in [2.45, 2.75) is 26.3 Å². The molecule has 0 saturated heterocycles. The summed E-state index contributed by atoms with van der Waals surface area (Å²) < 4.78 is 15.7. The van der Waals surface area contributed by atoms with Crippen LogP contribution in [0.1, 0.15) is 23.8 Å². The van der Waals surface area contributed by atoms with Crippen LogP contribution in [0.15, 0.2) is 35.7 Å². The van der Waals surface area contributed by atoms with Gasteiger partial charge in [0.1, 0.15) is 6.61 Å². The molecular weight excluding hydrogens is 416 g/mol. The molecule has 0 saturated carbocycles. The van der Waals surface area contributed by atoms with Crippen molar-refractivity contribution in [2.75, 3.05) is 47.6 Å². The Morgan fingerprint density at radius 3 is 2.35 bits per heavy atom. The number of carbonyl (C=O) groups excluding carboxylic acids is 2. The Balaban J connectivity index is 2.12. The van der Waals surface area contributed by atoms with E-state index in [1.807, 2.05) is 47.5 Å². The van der Waals surface area contributed by atoms with Gasteiger partial charge < -0.3 is 24.0 Å². The lowest BCUT2D eigenvalue weighted by Gasteiger charge is -2.27. The van der Waals surface area contributed by atoms with Gasteiger partial charge >= 0.3 is 0 Å². The Morgan fingerprint density at radius 2 is 1.74 bits per heavy atom. The fraction of sp³-hybridized carbons (Fsp3) is 0.478. The Labute approximate surface area is 188 Å². The standard InChI is InChI=1S/C23H32N2O5S/c1-5-11-24(23(27)17-28-2)16-22(26)25(15-19-7-6-13-31-19)12-10-18-8-9-20(29-3)21(14-18)30-4/h6-9,13-14H,5,10-12,15-17H2,1-4H3. The van der Waals surface area contributed by atoms with Crippen LogP contribution in [0.5, 0.6) is 11.5 Å². The zero-order chi connectivity index (χ0) is 22.6.